The molecule has 1 aliphatic rings. The molecule has 1 aliphatic heterocycles. The Balaban J connectivity index is 1.60. The summed E-state index contributed by atoms with van der Waals surface area (Å²) in [6.45, 7) is 5.84. The van der Waals surface area contributed by atoms with Crippen LogP contribution in [0, 0.1) is 17.0 Å². The highest BCUT2D eigenvalue weighted by molar-refractivity contribution is 5.94. The molecule has 0 aliphatic carbocycles. The SMILES string of the molecule is Cc1ccc(CCNc2ncnc3cc(N4CCNCC4)c([N+](=O)[O-])cc23)cc1. The van der Waals surface area contributed by atoms with Crippen molar-refractivity contribution in [2.45, 2.75) is 13.3 Å². The van der Waals surface area contributed by atoms with Gasteiger partial charge in [-0.05, 0) is 25.0 Å². The lowest BCUT2D eigenvalue weighted by Crippen LogP contribution is -2.43. The Morgan fingerprint density at radius 1 is 1.17 bits per heavy atom. The number of benzene rings is 2. The zero-order chi connectivity index (χ0) is 20.2. The average molecular weight is 392 g/mol. The summed E-state index contributed by atoms with van der Waals surface area (Å²) in [6, 6.07) is 11.8. The van der Waals surface area contributed by atoms with E-state index in [0.717, 1.165) is 32.6 Å². The Morgan fingerprint density at radius 3 is 2.66 bits per heavy atom. The number of nitro benzene ring substituents is 1. The van der Waals surface area contributed by atoms with E-state index in [1.807, 2.05) is 11.0 Å². The van der Waals surface area contributed by atoms with Crippen molar-refractivity contribution in [3.05, 3.63) is 64.0 Å². The highest BCUT2D eigenvalue weighted by atomic mass is 16.6. The number of nitrogens with one attached hydrogen (secondary N) is 2. The van der Waals surface area contributed by atoms with Gasteiger partial charge < -0.3 is 15.5 Å². The number of aryl methyl sites for hydroxylation is 1. The van der Waals surface area contributed by atoms with Crippen molar-refractivity contribution in [1.82, 2.24) is 15.3 Å². The van der Waals surface area contributed by atoms with Gasteiger partial charge in [0.15, 0.2) is 0 Å². The minimum atomic E-state index is -0.320. The van der Waals surface area contributed by atoms with Crippen molar-refractivity contribution in [1.29, 1.82) is 0 Å². The molecular formula is C21H24N6O2. The van der Waals surface area contributed by atoms with Crippen LogP contribution in [0.4, 0.5) is 17.2 Å². The van der Waals surface area contributed by atoms with Crippen LogP contribution in [-0.2, 0) is 6.42 Å². The molecule has 4 rings (SSSR count). The van der Waals surface area contributed by atoms with Crippen molar-refractivity contribution in [2.24, 2.45) is 0 Å². The van der Waals surface area contributed by atoms with Crippen molar-refractivity contribution < 1.29 is 4.92 Å². The van der Waals surface area contributed by atoms with Crippen molar-refractivity contribution in [3.8, 4) is 0 Å². The van der Waals surface area contributed by atoms with Crippen LogP contribution in [0.3, 0.4) is 0 Å². The number of hydrogen-bond donors (Lipinski definition) is 2. The van der Waals surface area contributed by atoms with Crippen LogP contribution >= 0.6 is 0 Å². The lowest BCUT2D eigenvalue weighted by Gasteiger charge is -2.29. The third-order valence-electron chi connectivity index (χ3n) is 5.21. The van der Waals surface area contributed by atoms with E-state index in [2.05, 4.69) is 51.8 Å². The van der Waals surface area contributed by atoms with Gasteiger partial charge in [0.2, 0.25) is 0 Å². The van der Waals surface area contributed by atoms with Gasteiger partial charge in [-0.25, -0.2) is 9.97 Å². The number of hydrogen-bond acceptors (Lipinski definition) is 7. The topological polar surface area (TPSA) is 96.2 Å². The summed E-state index contributed by atoms with van der Waals surface area (Å²) < 4.78 is 0. The third kappa shape index (κ3) is 4.27. The number of nitrogens with zero attached hydrogens (tertiary/aromatic N) is 4. The fourth-order valence-corrected chi connectivity index (χ4v) is 3.61. The zero-order valence-electron chi connectivity index (χ0n) is 16.4. The van der Waals surface area contributed by atoms with Gasteiger partial charge in [-0.15, -0.1) is 0 Å². The fraction of sp³-hybridized carbons (Fsp3) is 0.333. The van der Waals surface area contributed by atoms with Crippen molar-refractivity contribution in [2.75, 3.05) is 42.9 Å². The summed E-state index contributed by atoms with van der Waals surface area (Å²) >= 11 is 0. The zero-order valence-corrected chi connectivity index (χ0v) is 16.4. The maximum Gasteiger partial charge on any atom is 0.293 e. The van der Waals surface area contributed by atoms with Gasteiger partial charge in [-0.1, -0.05) is 29.8 Å². The molecule has 0 saturated carbocycles. The lowest BCUT2D eigenvalue weighted by molar-refractivity contribution is -0.384. The van der Waals surface area contributed by atoms with E-state index in [1.165, 1.54) is 17.5 Å². The van der Waals surface area contributed by atoms with E-state index in [0.29, 0.717) is 29.0 Å². The van der Waals surface area contributed by atoms with E-state index < -0.39 is 0 Å². The quantitative estimate of drug-likeness (QED) is 0.492. The molecule has 2 N–H and O–H groups in total. The lowest BCUT2D eigenvalue weighted by atomic mass is 10.1. The number of aromatic nitrogens is 2. The van der Waals surface area contributed by atoms with E-state index in [4.69, 9.17) is 0 Å². The minimum Gasteiger partial charge on any atom is -0.369 e. The van der Waals surface area contributed by atoms with Gasteiger partial charge >= 0.3 is 0 Å². The average Bonchev–Trinajstić information content (AvgIpc) is 2.75. The predicted molar refractivity (Wildman–Crippen MR) is 115 cm³/mol. The van der Waals surface area contributed by atoms with Crippen LogP contribution in [0.2, 0.25) is 0 Å². The molecular weight excluding hydrogens is 368 g/mol. The van der Waals surface area contributed by atoms with Crippen LogP contribution in [0.1, 0.15) is 11.1 Å². The van der Waals surface area contributed by atoms with Crippen LogP contribution in [-0.4, -0.2) is 47.6 Å². The Labute approximate surface area is 169 Å². The van der Waals surface area contributed by atoms with Crippen LogP contribution in [0.5, 0.6) is 0 Å². The van der Waals surface area contributed by atoms with Gasteiger partial charge in [0.25, 0.3) is 5.69 Å². The summed E-state index contributed by atoms with van der Waals surface area (Å²) in [5, 5.41) is 19.0. The highest BCUT2D eigenvalue weighted by Gasteiger charge is 2.23. The molecule has 2 heterocycles. The third-order valence-corrected chi connectivity index (χ3v) is 5.21. The second-order valence-electron chi connectivity index (χ2n) is 7.24. The van der Waals surface area contributed by atoms with Gasteiger partial charge in [-0.2, -0.15) is 0 Å². The molecule has 0 unspecified atom stereocenters. The second kappa shape index (κ2) is 8.40. The van der Waals surface area contributed by atoms with Crippen LogP contribution in [0.15, 0.2) is 42.7 Å². The highest BCUT2D eigenvalue weighted by Crippen LogP contribution is 2.34. The molecule has 1 aromatic heterocycles. The number of anilines is 2. The first-order valence-corrected chi connectivity index (χ1v) is 9.80. The summed E-state index contributed by atoms with van der Waals surface area (Å²) in [6.07, 6.45) is 2.34. The normalized spacial score (nSPS) is 14.2. The number of rotatable bonds is 6. The number of piperazine rings is 1. The second-order valence-corrected chi connectivity index (χ2v) is 7.24. The van der Waals surface area contributed by atoms with Crippen molar-refractivity contribution >= 4 is 28.1 Å². The number of fused-ring (bicyclic) bond motifs is 1. The maximum atomic E-state index is 11.7. The largest absolute Gasteiger partial charge is 0.369 e. The molecule has 0 amide bonds. The fourth-order valence-electron chi connectivity index (χ4n) is 3.61. The van der Waals surface area contributed by atoms with E-state index >= 15 is 0 Å². The molecule has 0 spiro atoms. The van der Waals surface area contributed by atoms with Gasteiger partial charge in [-0.3, -0.25) is 10.1 Å². The Bertz CT molecular complexity index is 1020. The molecule has 0 atom stereocenters. The van der Waals surface area contributed by atoms with Crippen molar-refractivity contribution in [3.63, 3.8) is 0 Å². The molecule has 1 saturated heterocycles. The minimum absolute atomic E-state index is 0.0933. The Hall–Kier alpha value is -3.26. The molecule has 8 nitrogen and oxygen atoms in total. The van der Waals surface area contributed by atoms with E-state index in [-0.39, 0.29) is 10.6 Å². The van der Waals surface area contributed by atoms with Gasteiger partial charge in [0.1, 0.15) is 17.8 Å². The first kappa shape index (κ1) is 19.1. The van der Waals surface area contributed by atoms with Gasteiger partial charge in [0.05, 0.1) is 10.4 Å². The predicted octanol–water partition coefficient (Wildman–Crippen LogP) is 2.91. The molecule has 150 valence electrons. The van der Waals surface area contributed by atoms with E-state index in [1.54, 1.807) is 6.07 Å². The standard InChI is InChI=1S/C21H24N6O2/c1-15-2-4-16(5-3-15)6-7-23-21-17-12-20(27(28)29)19(13-18(17)24-14-25-21)26-10-8-22-9-11-26/h2-5,12-14,22H,6-11H2,1H3,(H,23,24,25). The molecule has 0 bridgehead atoms. The summed E-state index contributed by atoms with van der Waals surface area (Å²) in [7, 11) is 0. The molecule has 2 aromatic carbocycles. The summed E-state index contributed by atoms with van der Waals surface area (Å²) in [5.41, 5.74) is 3.88. The molecule has 0 radical (unpaired) electrons. The monoisotopic (exact) mass is 392 g/mol. The molecule has 1 fully saturated rings. The molecule has 29 heavy (non-hydrogen) atoms. The number of nitro groups is 1. The first-order chi connectivity index (χ1) is 14.1. The van der Waals surface area contributed by atoms with Crippen LogP contribution < -0.4 is 15.5 Å². The summed E-state index contributed by atoms with van der Waals surface area (Å²) in [4.78, 5) is 22.2. The molecule has 8 heteroatoms. The van der Waals surface area contributed by atoms with Gasteiger partial charge in [0, 0.05) is 44.2 Å². The summed E-state index contributed by atoms with van der Waals surface area (Å²) in [5.74, 6) is 0.622. The van der Waals surface area contributed by atoms with Crippen LogP contribution in [0.25, 0.3) is 10.9 Å². The smallest absolute Gasteiger partial charge is 0.293 e. The molecule has 3 aromatic rings. The first-order valence-electron chi connectivity index (χ1n) is 9.80. The van der Waals surface area contributed by atoms with E-state index in [9.17, 15) is 10.1 Å². The maximum absolute atomic E-state index is 11.7. The Morgan fingerprint density at radius 2 is 1.93 bits per heavy atom. The Kier molecular flexibility index (Phi) is 5.53.